The van der Waals surface area contributed by atoms with Crippen LogP contribution in [0.3, 0.4) is 0 Å². The lowest BCUT2D eigenvalue weighted by molar-refractivity contribution is -0.130. The molecule has 2 rings (SSSR count). The highest BCUT2D eigenvalue weighted by Gasteiger charge is 2.16. The summed E-state index contributed by atoms with van der Waals surface area (Å²) in [6.45, 7) is 2.72. The lowest BCUT2D eigenvalue weighted by Crippen LogP contribution is -2.30. The van der Waals surface area contributed by atoms with E-state index >= 15 is 0 Å². The van der Waals surface area contributed by atoms with Gasteiger partial charge in [-0.05, 0) is 38.3 Å². The molecule has 0 aromatic carbocycles. The molecule has 1 aliphatic rings. The summed E-state index contributed by atoms with van der Waals surface area (Å²) in [6.07, 6.45) is 9.04. The zero-order chi connectivity index (χ0) is 13.5. The molecular formula is C14H24Cl2N4O. The molecule has 0 unspecified atom stereocenters. The third-order valence-electron chi connectivity index (χ3n) is 3.67. The van der Waals surface area contributed by atoms with Crippen LogP contribution in [0.25, 0.3) is 0 Å². The number of aromatic nitrogens is 2. The standard InChI is InChI=1S/C14H22N4O.2ClH/c1-18(11-13-10-16-8-9-17-13)14(19)3-2-12-4-6-15-7-5-12;;/h8-10,12,15H,2-7,11H2,1H3;2*1H. The number of piperidine rings is 1. The Labute approximate surface area is 138 Å². The van der Waals surface area contributed by atoms with Gasteiger partial charge in [0.1, 0.15) is 0 Å². The molecule has 0 radical (unpaired) electrons. The van der Waals surface area contributed by atoms with E-state index in [1.807, 2.05) is 7.05 Å². The van der Waals surface area contributed by atoms with Crippen molar-refractivity contribution in [2.45, 2.75) is 32.2 Å². The van der Waals surface area contributed by atoms with Gasteiger partial charge in [0.25, 0.3) is 0 Å². The van der Waals surface area contributed by atoms with Crippen molar-refractivity contribution in [3.63, 3.8) is 0 Å². The number of amides is 1. The average molecular weight is 335 g/mol. The minimum Gasteiger partial charge on any atom is -0.340 e. The van der Waals surface area contributed by atoms with Crippen molar-refractivity contribution in [3.8, 4) is 0 Å². The topological polar surface area (TPSA) is 58.1 Å². The number of carbonyl (C=O) groups excluding carboxylic acids is 1. The number of hydrogen-bond acceptors (Lipinski definition) is 4. The van der Waals surface area contributed by atoms with E-state index in [4.69, 9.17) is 0 Å². The van der Waals surface area contributed by atoms with Crippen molar-refractivity contribution in [2.24, 2.45) is 5.92 Å². The van der Waals surface area contributed by atoms with Crippen molar-refractivity contribution in [1.29, 1.82) is 0 Å². The zero-order valence-electron chi connectivity index (χ0n) is 12.3. The number of nitrogens with one attached hydrogen (secondary N) is 1. The molecule has 0 saturated carbocycles. The van der Waals surface area contributed by atoms with Gasteiger partial charge in [-0.25, -0.2) is 0 Å². The molecule has 1 aliphatic heterocycles. The van der Waals surface area contributed by atoms with Crippen LogP contribution in [0.5, 0.6) is 0 Å². The van der Waals surface area contributed by atoms with Gasteiger partial charge in [0, 0.05) is 25.9 Å². The van der Waals surface area contributed by atoms with Crippen LogP contribution in [0.4, 0.5) is 0 Å². The Morgan fingerprint density at radius 2 is 2.05 bits per heavy atom. The van der Waals surface area contributed by atoms with Gasteiger partial charge in [0.15, 0.2) is 0 Å². The van der Waals surface area contributed by atoms with Crippen LogP contribution < -0.4 is 5.32 Å². The third-order valence-corrected chi connectivity index (χ3v) is 3.67. The quantitative estimate of drug-likeness (QED) is 0.895. The monoisotopic (exact) mass is 334 g/mol. The first-order chi connectivity index (χ1) is 9.25. The van der Waals surface area contributed by atoms with E-state index in [0.717, 1.165) is 25.2 Å². The summed E-state index contributed by atoms with van der Waals surface area (Å²) < 4.78 is 0. The summed E-state index contributed by atoms with van der Waals surface area (Å²) in [7, 11) is 1.83. The molecule has 7 heteroatoms. The van der Waals surface area contributed by atoms with Gasteiger partial charge in [-0.2, -0.15) is 0 Å². The first-order valence-electron chi connectivity index (χ1n) is 6.95. The maximum absolute atomic E-state index is 12.1. The zero-order valence-corrected chi connectivity index (χ0v) is 14.0. The van der Waals surface area contributed by atoms with Gasteiger partial charge in [-0.3, -0.25) is 14.8 Å². The minimum absolute atomic E-state index is 0. The molecule has 1 amide bonds. The lowest BCUT2D eigenvalue weighted by Gasteiger charge is -2.23. The second-order valence-corrected chi connectivity index (χ2v) is 5.18. The Morgan fingerprint density at radius 1 is 1.33 bits per heavy atom. The Hall–Kier alpha value is -0.910. The highest BCUT2D eigenvalue weighted by molar-refractivity contribution is 5.85. The van der Waals surface area contributed by atoms with Crippen molar-refractivity contribution < 1.29 is 4.79 Å². The molecule has 0 bridgehead atoms. The number of nitrogens with zero attached hydrogens (tertiary/aromatic N) is 3. The fourth-order valence-corrected chi connectivity index (χ4v) is 2.43. The average Bonchev–Trinajstić information content (AvgIpc) is 2.47. The molecule has 1 aromatic rings. The van der Waals surface area contributed by atoms with Gasteiger partial charge >= 0.3 is 0 Å². The molecule has 2 heterocycles. The number of halogens is 2. The van der Waals surface area contributed by atoms with E-state index in [1.54, 1.807) is 23.5 Å². The van der Waals surface area contributed by atoms with Crippen LogP contribution in [-0.2, 0) is 11.3 Å². The molecule has 0 aliphatic carbocycles. The fourth-order valence-electron chi connectivity index (χ4n) is 2.43. The van der Waals surface area contributed by atoms with E-state index in [9.17, 15) is 4.79 Å². The van der Waals surface area contributed by atoms with E-state index in [1.165, 1.54) is 12.8 Å². The van der Waals surface area contributed by atoms with E-state index in [2.05, 4.69) is 15.3 Å². The van der Waals surface area contributed by atoms with Crippen LogP contribution >= 0.6 is 24.8 Å². The van der Waals surface area contributed by atoms with Gasteiger partial charge in [0.05, 0.1) is 18.4 Å². The van der Waals surface area contributed by atoms with E-state index < -0.39 is 0 Å². The second kappa shape index (κ2) is 10.8. The first kappa shape index (κ1) is 20.1. The maximum atomic E-state index is 12.1. The number of hydrogen-bond donors (Lipinski definition) is 1. The van der Waals surface area contributed by atoms with Crippen molar-refractivity contribution in [3.05, 3.63) is 24.3 Å². The molecule has 120 valence electrons. The van der Waals surface area contributed by atoms with E-state index in [0.29, 0.717) is 18.9 Å². The molecule has 1 saturated heterocycles. The first-order valence-corrected chi connectivity index (χ1v) is 6.95. The normalized spacial score (nSPS) is 14.7. The molecule has 21 heavy (non-hydrogen) atoms. The Bertz CT molecular complexity index is 399. The highest BCUT2D eigenvalue weighted by atomic mass is 35.5. The summed E-state index contributed by atoms with van der Waals surface area (Å²) in [5.41, 5.74) is 0.834. The summed E-state index contributed by atoms with van der Waals surface area (Å²) in [4.78, 5) is 22.0. The Morgan fingerprint density at radius 3 is 2.67 bits per heavy atom. The summed E-state index contributed by atoms with van der Waals surface area (Å²) >= 11 is 0. The molecule has 0 spiro atoms. The van der Waals surface area contributed by atoms with Crippen molar-refractivity contribution >= 4 is 30.7 Å². The van der Waals surface area contributed by atoms with Crippen LogP contribution in [0, 0.1) is 5.92 Å². The van der Waals surface area contributed by atoms with Crippen LogP contribution in [0.15, 0.2) is 18.6 Å². The van der Waals surface area contributed by atoms with Crippen molar-refractivity contribution in [1.82, 2.24) is 20.2 Å². The predicted octanol–water partition coefficient (Wildman–Crippen LogP) is 2.06. The van der Waals surface area contributed by atoms with Crippen LogP contribution in [0.1, 0.15) is 31.4 Å². The van der Waals surface area contributed by atoms with Gasteiger partial charge < -0.3 is 10.2 Å². The molecule has 1 aromatic heterocycles. The Kier molecular flexibility index (Phi) is 10.3. The molecule has 1 fully saturated rings. The predicted molar refractivity (Wildman–Crippen MR) is 87.8 cm³/mol. The minimum atomic E-state index is 0. The van der Waals surface area contributed by atoms with Crippen molar-refractivity contribution in [2.75, 3.05) is 20.1 Å². The smallest absolute Gasteiger partial charge is 0.222 e. The largest absolute Gasteiger partial charge is 0.340 e. The summed E-state index contributed by atoms with van der Waals surface area (Å²) in [5.74, 6) is 0.902. The SMILES string of the molecule is CN(Cc1cnccn1)C(=O)CCC1CCNCC1.Cl.Cl. The van der Waals surface area contributed by atoms with Gasteiger partial charge in [-0.15, -0.1) is 24.8 Å². The molecule has 1 N–H and O–H groups in total. The Balaban J connectivity index is 0.00000200. The lowest BCUT2D eigenvalue weighted by atomic mass is 9.93. The summed E-state index contributed by atoms with van der Waals surface area (Å²) in [5, 5.41) is 3.35. The van der Waals surface area contributed by atoms with Crippen LogP contribution in [0.2, 0.25) is 0 Å². The molecule has 0 atom stereocenters. The number of rotatable bonds is 5. The second-order valence-electron chi connectivity index (χ2n) is 5.18. The van der Waals surface area contributed by atoms with E-state index in [-0.39, 0.29) is 30.7 Å². The van der Waals surface area contributed by atoms with Crippen LogP contribution in [-0.4, -0.2) is 40.9 Å². The summed E-state index contributed by atoms with van der Waals surface area (Å²) in [6, 6.07) is 0. The maximum Gasteiger partial charge on any atom is 0.222 e. The molecule has 5 nitrogen and oxygen atoms in total. The molecular weight excluding hydrogens is 311 g/mol. The highest BCUT2D eigenvalue weighted by Crippen LogP contribution is 2.18. The van der Waals surface area contributed by atoms with Gasteiger partial charge in [-0.1, -0.05) is 0 Å². The van der Waals surface area contributed by atoms with Gasteiger partial charge in [0.2, 0.25) is 5.91 Å². The third kappa shape index (κ3) is 7.07. The number of carbonyl (C=O) groups is 1. The fraction of sp³-hybridized carbons (Fsp3) is 0.643.